The van der Waals surface area contributed by atoms with Crippen LogP contribution < -0.4 is 0 Å². The minimum absolute atomic E-state index is 1.14. The molecule has 0 spiro atoms. The van der Waals surface area contributed by atoms with Gasteiger partial charge in [-0.2, -0.15) is 18.2 Å². The molecule has 52 valence electrons. The lowest BCUT2D eigenvalue weighted by molar-refractivity contribution is 1.45. The minimum atomic E-state index is 1.14. The molecule has 10 heavy (non-hydrogen) atoms. The highest BCUT2D eigenvalue weighted by atomic mass is 13.8. The quantitative estimate of drug-likeness (QED) is 0.475. The Hall–Kier alpha value is -1.17. The minimum Gasteiger partial charge on any atom is -0.214 e. The van der Waals surface area contributed by atoms with Gasteiger partial charge in [-0.25, -0.2) is 12.1 Å². The van der Waals surface area contributed by atoms with Crippen molar-refractivity contribution in [2.45, 2.75) is 6.42 Å². The van der Waals surface area contributed by atoms with Gasteiger partial charge in [0.05, 0.1) is 0 Å². The molecular weight excluding hydrogens is 120 g/mol. The normalized spacial score (nSPS) is 12.8. The van der Waals surface area contributed by atoms with Crippen LogP contribution in [0.1, 0.15) is 6.42 Å². The van der Waals surface area contributed by atoms with E-state index in [1.165, 1.54) is 0 Å². The molecule has 0 aliphatic heterocycles. The molecule has 0 amide bonds. The summed E-state index contributed by atoms with van der Waals surface area (Å²) in [7, 11) is 0. The Labute approximate surface area is 61.9 Å². The van der Waals surface area contributed by atoms with E-state index in [1.54, 1.807) is 0 Å². The summed E-state index contributed by atoms with van der Waals surface area (Å²) < 4.78 is 0. The molecule has 0 atom stereocenters. The summed E-state index contributed by atoms with van der Waals surface area (Å²) in [4.78, 5) is 0. The van der Waals surface area contributed by atoms with Crippen LogP contribution in [0.25, 0.3) is 0 Å². The fourth-order valence-corrected chi connectivity index (χ4v) is 0.714. The van der Waals surface area contributed by atoms with Gasteiger partial charge in [-0.15, -0.1) is 0 Å². The molecule has 0 fully saturated rings. The Balaban J connectivity index is 0.0000001000. The standard InChI is InChI=1S/C5H6.C5H5/c2*1-2-4-5-3-1/h1-4H,5H2;1-5H/q;-1. The van der Waals surface area contributed by atoms with E-state index < -0.39 is 0 Å². The molecule has 0 aromatic heterocycles. The zero-order valence-electron chi connectivity index (χ0n) is 5.90. The second-order valence-electron chi connectivity index (χ2n) is 2.05. The Morgan fingerprint density at radius 1 is 0.900 bits per heavy atom. The Kier molecular flexibility index (Phi) is 3.25. The molecule has 0 saturated carbocycles. The largest absolute Gasteiger partial charge is 0.214 e. The second-order valence-corrected chi connectivity index (χ2v) is 2.05. The summed E-state index contributed by atoms with van der Waals surface area (Å²) in [6.45, 7) is 0. The van der Waals surface area contributed by atoms with Crippen molar-refractivity contribution in [3.05, 3.63) is 54.6 Å². The molecule has 0 bridgehead atoms. The number of hydrogen-bond acceptors (Lipinski definition) is 0. The summed E-state index contributed by atoms with van der Waals surface area (Å²) in [5, 5.41) is 0. The fraction of sp³-hybridized carbons (Fsp3) is 0.100. The Morgan fingerprint density at radius 2 is 1.50 bits per heavy atom. The highest BCUT2D eigenvalue weighted by Gasteiger charge is 1.72. The third-order valence-corrected chi connectivity index (χ3v) is 1.21. The topological polar surface area (TPSA) is 0 Å². The zero-order chi connectivity index (χ0) is 7.07. The molecule has 0 N–H and O–H groups in total. The first-order valence-electron chi connectivity index (χ1n) is 3.48. The van der Waals surface area contributed by atoms with Crippen LogP contribution in [-0.4, -0.2) is 0 Å². The van der Waals surface area contributed by atoms with Crippen molar-refractivity contribution in [2.24, 2.45) is 0 Å². The third-order valence-electron chi connectivity index (χ3n) is 1.21. The predicted molar refractivity (Wildman–Crippen MR) is 44.9 cm³/mol. The lowest BCUT2D eigenvalue weighted by Crippen LogP contribution is -1.37. The van der Waals surface area contributed by atoms with Crippen molar-refractivity contribution >= 4 is 0 Å². The maximum absolute atomic E-state index is 2.12. The Bertz CT molecular complexity index is 163. The van der Waals surface area contributed by atoms with Gasteiger partial charge >= 0.3 is 0 Å². The van der Waals surface area contributed by atoms with E-state index in [0.29, 0.717) is 0 Å². The van der Waals surface area contributed by atoms with Gasteiger partial charge in [0.25, 0.3) is 0 Å². The summed E-state index contributed by atoms with van der Waals surface area (Å²) in [6.07, 6.45) is 9.50. The Morgan fingerprint density at radius 3 is 1.70 bits per heavy atom. The van der Waals surface area contributed by atoms with Crippen molar-refractivity contribution < 1.29 is 0 Å². The number of allylic oxidation sites excluding steroid dienone is 4. The molecule has 0 heterocycles. The monoisotopic (exact) mass is 131 g/mol. The second kappa shape index (κ2) is 4.68. The molecule has 0 saturated heterocycles. The van der Waals surface area contributed by atoms with Gasteiger partial charge in [-0.05, 0) is 6.42 Å². The van der Waals surface area contributed by atoms with E-state index in [1.807, 2.05) is 30.3 Å². The van der Waals surface area contributed by atoms with Crippen LogP contribution in [0.2, 0.25) is 0 Å². The third kappa shape index (κ3) is 2.98. The first-order chi connectivity index (χ1) is 5.00. The fourth-order valence-electron chi connectivity index (χ4n) is 0.714. The maximum atomic E-state index is 2.12. The lowest BCUT2D eigenvalue weighted by Gasteiger charge is -1.57. The van der Waals surface area contributed by atoms with Crippen molar-refractivity contribution in [1.29, 1.82) is 0 Å². The van der Waals surface area contributed by atoms with Crippen LogP contribution in [0.4, 0.5) is 0 Å². The summed E-state index contributed by atoms with van der Waals surface area (Å²) in [5.74, 6) is 0. The lowest BCUT2D eigenvalue weighted by atomic mass is 10.5. The predicted octanol–water partition coefficient (Wildman–Crippen LogP) is 2.91. The van der Waals surface area contributed by atoms with Gasteiger partial charge in [-0.1, -0.05) is 24.3 Å². The van der Waals surface area contributed by atoms with Gasteiger partial charge in [0.1, 0.15) is 0 Å². The van der Waals surface area contributed by atoms with Gasteiger partial charge in [0.15, 0.2) is 0 Å². The van der Waals surface area contributed by atoms with Crippen molar-refractivity contribution in [2.75, 3.05) is 0 Å². The highest BCUT2D eigenvalue weighted by Crippen LogP contribution is 1.93. The zero-order valence-corrected chi connectivity index (χ0v) is 5.90. The molecule has 0 nitrogen and oxygen atoms in total. The highest BCUT2D eigenvalue weighted by molar-refractivity contribution is 5.11. The number of rotatable bonds is 0. The van der Waals surface area contributed by atoms with E-state index in [0.717, 1.165) is 6.42 Å². The van der Waals surface area contributed by atoms with Crippen molar-refractivity contribution in [1.82, 2.24) is 0 Å². The van der Waals surface area contributed by atoms with Crippen LogP contribution in [0.5, 0.6) is 0 Å². The van der Waals surface area contributed by atoms with Gasteiger partial charge in [0, 0.05) is 0 Å². The average molecular weight is 131 g/mol. The molecule has 1 aromatic rings. The van der Waals surface area contributed by atoms with Crippen LogP contribution in [0.3, 0.4) is 0 Å². The molecule has 2 rings (SSSR count). The van der Waals surface area contributed by atoms with Crippen molar-refractivity contribution in [3.63, 3.8) is 0 Å². The van der Waals surface area contributed by atoms with E-state index >= 15 is 0 Å². The molecule has 0 heteroatoms. The first-order valence-corrected chi connectivity index (χ1v) is 3.48. The average Bonchev–Trinajstić information content (AvgIpc) is 2.67. The van der Waals surface area contributed by atoms with E-state index in [2.05, 4.69) is 24.3 Å². The summed E-state index contributed by atoms with van der Waals surface area (Å²) in [5.41, 5.74) is 0. The molecule has 1 aliphatic carbocycles. The molecule has 1 aliphatic rings. The van der Waals surface area contributed by atoms with E-state index in [9.17, 15) is 0 Å². The maximum Gasteiger partial charge on any atom is -0.0163 e. The summed E-state index contributed by atoms with van der Waals surface area (Å²) >= 11 is 0. The number of hydrogen-bond donors (Lipinski definition) is 0. The van der Waals surface area contributed by atoms with Gasteiger partial charge < -0.3 is 0 Å². The van der Waals surface area contributed by atoms with Crippen LogP contribution >= 0.6 is 0 Å². The van der Waals surface area contributed by atoms with Gasteiger partial charge in [-0.3, -0.25) is 0 Å². The molecule has 0 radical (unpaired) electrons. The van der Waals surface area contributed by atoms with Crippen LogP contribution in [0, 0.1) is 0 Å². The van der Waals surface area contributed by atoms with E-state index in [4.69, 9.17) is 0 Å². The molecule has 0 unspecified atom stereocenters. The SMILES string of the molecule is C1=CCC=C1.c1cc[cH-]c1. The van der Waals surface area contributed by atoms with E-state index in [-0.39, 0.29) is 0 Å². The van der Waals surface area contributed by atoms with Crippen LogP contribution in [0.15, 0.2) is 54.6 Å². The first kappa shape index (κ1) is 6.94. The molecule has 1 aromatic carbocycles. The molecular formula is C10H11-. The smallest absolute Gasteiger partial charge is 0.0163 e. The van der Waals surface area contributed by atoms with Crippen LogP contribution in [-0.2, 0) is 0 Å². The summed E-state index contributed by atoms with van der Waals surface area (Å²) in [6, 6.07) is 10.0. The van der Waals surface area contributed by atoms with Gasteiger partial charge in [0.2, 0.25) is 0 Å². The van der Waals surface area contributed by atoms with Crippen molar-refractivity contribution in [3.8, 4) is 0 Å².